The van der Waals surface area contributed by atoms with Crippen LogP contribution in [0.25, 0.3) is 0 Å². The van der Waals surface area contributed by atoms with Gasteiger partial charge in [0.15, 0.2) is 0 Å². The van der Waals surface area contributed by atoms with Crippen molar-refractivity contribution in [1.82, 2.24) is 5.32 Å². The molecule has 0 spiro atoms. The quantitative estimate of drug-likeness (QED) is 0.773. The molecule has 100 valence electrons. The predicted octanol–water partition coefficient (Wildman–Crippen LogP) is 2.05. The third-order valence-electron chi connectivity index (χ3n) is 4.77. The van der Waals surface area contributed by atoms with Crippen molar-refractivity contribution in [3.63, 3.8) is 0 Å². The molecule has 1 unspecified atom stereocenters. The van der Waals surface area contributed by atoms with Gasteiger partial charge in [0.05, 0.1) is 6.61 Å². The van der Waals surface area contributed by atoms with Gasteiger partial charge in [0.2, 0.25) is 0 Å². The molecule has 0 bridgehead atoms. The summed E-state index contributed by atoms with van der Waals surface area (Å²) in [6.45, 7) is 6.00. The molecule has 17 heavy (non-hydrogen) atoms. The second-order valence-electron chi connectivity index (χ2n) is 6.30. The molecule has 2 aliphatic rings. The van der Waals surface area contributed by atoms with Crippen LogP contribution in [0.5, 0.6) is 0 Å². The molecule has 1 saturated heterocycles. The first-order valence-electron chi connectivity index (χ1n) is 7.21. The minimum Gasteiger partial charge on any atom is -0.379 e. The van der Waals surface area contributed by atoms with Gasteiger partial charge in [-0.05, 0) is 51.1 Å². The highest BCUT2D eigenvalue weighted by Crippen LogP contribution is 2.38. The van der Waals surface area contributed by atoms with Crippen molar-refractivity contribution in [2.75, 3.05) is 26.3 Å². The Morgan fingerprint density at radius 2 is 1.94 bits per heavy atom. The average molecular weight is 240 g/mol. The average Bonchev–Trinajstić information content (AvgIpc) is 2.77. The van der Waals surface area contributed by atoms with Crippen molar-refractivity contribution in [2.24, 2.45) is 11.1 Å². The van der Waals surface area contributed by atoms with Crippen LogP contribution in [0.3, 0.4) is 0 Å². The number of nitrogens with one attached hydrogen (secondary N) is 1. The van der Waals surface area contributed by atoms with Crippen LogP contribution in [0.2, 0.25) is 0 Å². The Balaban J connectivity index is 1.75. The molecule has 1 saturated carbocycles. The lowest BCUT2D eigenvalue weighted by atomic mass is 9.72. The van der Waals surface area contributed by atoms with Gasteiger partial charge in [-0.15, -0.1) is 0 Å². The predicted molar refractivity (Wildman–Crippen MR) is 71.0 cm³/mol. The van der Waals surface area contributed by atoms with Crippen molar-refractivity contribution in [1.29, 1.82) is 0 Å². The van der Waals surface area contributed by atoms with Crippen LogP contribution in [0.15, 0.2) is 0 Å². The van der Waals surface area contributed by atoms with Crippen LogP contribution in [-0.2, 0) is 4.74 Å². The van der Waals surface area contributed by atoms with E-state index < -0.39 is 0 Å². The summed E-state index contributed by atoms with van der Waals surface area (Å²) < 4.78 is 5.47. The summed E-state index contributed by atoms with van der Waals surface area (Å²) in [5.41, 5.74) is 6.66. The SMILES string of the molecule is CC1(NCCC2(CN)CCCCC2)CCOC1. The van der Waals surface area contributed by atoms with Crippen LogP contribution in [0.4, 0.5) is 0 Å². The lowest BCUT2D eigenvalue weighted by Gasteiger charge is -2.37. The summed E-state index contributed by atoms with van der Waals surface area (Å²) in [6.07, 6.45) is 9.19. The highest BCUT2D eigenvalue weighted by molar-refractivity contribution is 4.89. The Bertz CT molecular complexity index is 230. The Hall–Kier alpha value is -0.120. The molecule has 0 radical (unpaired) electrons. The summed E-state index contributed by atoms with van der Waals surface area (Å²) >= 11 is 0. The number of hydrogen-bond acceptors (Lipinski definition) is 3. The Morgan fingerprint density at radius 1 is 1.18 bits per heavy atom. The van der Waals surface area contributed by atoms with Crippen LogP contribution < -0.4 is 11.1 Å². The van der Waals surface area contributed by atoms with Gasteiger partial charge in [0.1, 0.15) is 0 Å². The van der Waals surface area contributed by atoms with E-state index >= 15 is 0 Å². The van der Waals surface area contributed by atoms with E-state index in [1.54, 1.807) is 0 Å². The molecule has 3 nitrogen and oxygen atoms in total. The maximum Gasteiger partial charge on any atom is 0.0646 e. The van der Waals surface area contributed by atoms with E-state index in [9.17, 15) is 0 Å². The van der Waals surface area contributed by atoms with Crippen LogP contribution in [0.1, 0.15) is 51.9 Å². The van der Waals surface area contributed by atoms with Crippen LogP contribution >= 0.6 is 0 Å². The molecule has 3 N–H and O–H groups in total. The van der Waals surface area contributed by atoms with E-state index in [0.29, 0.717) is 5.41 Å². The summed E-state index contributed by atoms with van der Waals surface area (Å²) in [7, 11) is 0. The van der Waals surface area contributed by atoms with E-state index in [1.807, 2.05) is 0 Å². The standard InChI is InChI=1S/C14H28N2O/c1-13(8-10-17-12-13)16-9-7-14(11-15)5-3-2-4-6-14/h16H,2-12,15H2,1H3. The smallest absolute Gasteiger partial charge is 0.0646 e. The van der Waals surface area contributed by atoms with Gasteiger partial charge < -0.3 is 15.8 Å². The summed E-state index contributed by atoms with van der Waals surface area (Å²) in [6, 6.07) is 0. The molecule has 2 fully saturated rings. The van der Waals surface area contributed by atoms with Gasteiger partial charge in [-0.2, -0.15) is 0 Å². The fraction of sp³-hybridized carbons (Fsp3) is 1.00. The Labute approximate surface area is 105 Å². The van der Waals surface area contributed by atoms with Gasteiger partial charge in [0.25, 0.3) is 0 Å². The lowest BCUT2D eigenvalue weighted by molar-refractivity contribution is 0.156. The molecule has 0 aromatic carbocycles. The highest BCUT2D eigenvalue weighted by atomic mass is 16.5. The molecule has 1 aliphatic heterocycles. The summed E-state index contributed by atoms with van der Waals surface area (Å²) in [5.74, 6) is 0. The number of nitrogens with two attached hydrogens (primary N) is 1. The third kappa shape index (κ3) is 3.43. The number of hydrogen-bond donors (Lipinski definition) is 2. The van der Waals surface area contributed by atoms with Gasteiger partial charge in [0, 0.05) is 12.1 Å². The molecule has 1 aliphatic carbocycles. The van der Waals surface area contributed by atoms with Crippen molar-refractivity contribution >= 4 is 0 Å². The van der Waals surface area contributed by atoms with Crippen molar-refractivity contribution in [2.45, 2.75) is 57.4 Å². The lowest BCUT2D eigenvalue weighted by Crippen LogP contribution is -2.45. The van der Waals surface area contributed by atoms with Crippen molar-refractivity contribution < 1.29 is 4.74 Å². The Morgan fingerprint density at radius 3 is 2.53 bits per heavy atom. The molecule has 0 aromatic heterocycles. The molecule has 0 amide bonds. The summed E-state index contributed by atoms with van der Waals surface area (Å²) in [4.78, 5) is 0. The molecule has 1 heterocycles. The molecular weight excluding hydrogens is 212 g/mol. The van der Waals surface area contributed by atoms with Crippen molar-refractivity contribution in [3.8, 4) is 0 Å². The highest BCUT2D eigenvalue weighted by Gasteiger charge is 2.33. The first-order chi connectivity index (χ1) is 8.18. The molecule has 2 rings (SSSR count). The normalized spacial score (nSPS) is 32.8. The van der Waals surface area contributed by atoms with Gasteiger partial charge in [-0.3, -0.25) is 0 Å². The van der Waals surface area contributed by atoms with E-state index in [2.05, 4.69) is 12.2 Å². The second-order valence-corrected chi connectivity index (χ2v) is 6.30. The first-order valence-corrected chi connectivity index (χ1v) is 7.21. The van der Waals surface area contributed by atoms with E-state index in [4.69, 9.17) is 10.5 Å². The summed E-state index contributed by atoms with van der Waals surface area (Å²) in [5, 5.41) is 3.68. The van der Waals surface area contributed by atoms with Gasteiger partial charge in [-0.1, -0.05) is 19.3 Å². The maximum absolute atomic E-state index is 6.01. The van der Waals surface area contributed by atoms with Gasteiger partial charge in [-0.25, -0.2) is 0 Å². The molecule has 1 atom stereocenters. The van der Waals surface area contributed by atoms with Gasteiger partial charge >= 0.3 is 0 Å². The van der Waals surface area contributed by atoms with E-state index in [-0.39, 0.29) is 5.54 Å². The zero-order chi connectivity index (χ0) is 12.2. The minimum atomic E-state index is 0.213. The van der Waals surface area contributed by atoms with E-state index in [0.717, 1.165) is 32.7 Å². The van der Waals surface area contributed by atoms with Crippen LogP contribution in [-0.4, -0.2) is 31.8 Å². The van der Waals surface area contributed by atoms with Crippen LogP contribution in [0, 0.1) is 5.41 Å². The molecule has 3 heteroatoms. The van der Waals surface area contributed by atoms with Crippen molar-refractivity contribution in [3.05, 3.63) is 0 Å². The zero-order valence-corrected chi connectivity index (χ0v) is 11.3. The minimum absolute atomic E-state index is 0.213. The van der Waals surface area contributed by atoms with E-state index in [1.165, 1.54) is 38.5 Å². The topological polar surface area (TPSA) is 47.3 Å². The largest absolute Gasteiger partial charge is 0.379 e. The fourth-order valence-electron chi connectivity index (χ4n) is 3.29. The molecule has 0 aromatic rings. The fourth-order valence-corrected chi connectivity index (χ4v) is 3.29. The molecular formula is C14H28N2O. The maximum atomic E-state index is 6.01. The first kappa shape index (κ1) is 13.3. The number of ether oxygens (including phenoxy) is 1. The monoisotopic (exact) mass is 240 g/mol. The third-order valence-corrected chi connectivity index (χ3v) is 4.77. The Kier molecular flexibility index (Phi) is 4.45. The number of rotatable bonds is 5. The second kappa shape index (κ2) is 5.68. The zero-order valence-electron chi connectivity index (χ0n) is 11.3.